The topological polar surface area (TPSA) is 17.8 Å². The maximum Gasteiger partial charge on any atom is 0.108 e. The van der Waals surface area contributed by atoms with E-state index in [2.05, 4.69) is 4.98 Å². The molecule has 0 bridgehead atoms. The number of rotatable bonds is 3. The van der Waals surface area contributed by atoms with Gasteiger partial charge >= 0.3 is 0 Å². The third-order valence-corrected chi connectivity index (χ3v) is 3.29. The molecule has 5 heteroatoms. The molecule has 0 radical (unpaired) electrons. The van der Waals surface area contributed by atoms with Gasteiger partial charge in [0, 0.05) is 35.9 Å². The molecule has 0 fully saturated rings. The zero-order chi connectivity index (χ0) is 11.5. The number of hydrogen-bond acceptors (Lipinski definition) is 1. The predicted molar refractivity (Wildman–Crippen MR) is 74.3 cm³/mol. The average Bonchev–Trinajstić information content (AvgIpc) is 2.64. The summed E-state index contributed by atoms with van der Waals surface area (Å²) < 4.78 is 2.00. The van der Waals surface area contributed by atoms with Crippen LogP contribution in [0, 0.1) is 0 Å². The van der Waals surface area contributed by atoms with Crippen LogP contribution in [0.2, 0.25) is 10.0 Å². The van der Waals surface area contributed by atoms with Crippen molar-refractivity contribution in [2.75, 3.05) is 0 Å². The lowest BCUT2D eigenvalue weighted by atomic mass is 10.1. The van der Waals surface area contributed by atoms with Gasteiger partial charge in [-0.25, -0.2) is 4.98 Å². The number of benzene rings is 1. The van der Waals surface area contributed by atoms with Crippen molar-refractivity contribution in [1.29, 1.82) is 0 Å². The SMILES string of the molecule is Cl.Cn1ccnc1CCc1c(Cl)cccc1Cl. The van der Waals surface area contributed by atoms with E-state index in [9.17, 15) is 0 Å². The number of aromatic nitrogens is 2. The fourth-order valence-corrected chi connectivity index (χ4v) is 2.23. The molecule has 92 valence electrons. The Labute approximate surface area is 117 Å². The lowest BCUT2D eigenvalue weighted by molar-refractivity contribution is 0.771. The largest absolute Gasteiger partial charge is 0.338 e. The highest BCUT2D eigenvalue weighted by Gasteiger charge is 2.07. The summed E-state index contributed by atoms with van der Waals surface area (Å²) in [5.74, 6) is 1.04. The van der Waals surface area contributed by atoms with Gasteiger partial charge in [-0.15, -0.1) is 12.4 Å². The quantitative estimate of drug-likeness (QED) is 0.838. The van der Waals surface area contributed by atoms with E-state index < -0.39 is 0 Å². The Hall–Kier alpha value is -0.700. The fourth-order valence-electron chi connectivity index (χ4n) is 1.65. The molecule has 0 aliphatic heterocycles. The molecular weight excluding hydrogens is 279 g/mol. The minimum Gasteiger partial charge on any atom is -0.338 e. The van der Waals surface area contributed by atoms with Crippen molar-refractivity contribution in [2.24, 2.45) is 7.05 Å². The highest BCUT2D eigenvalue weighted by atomic mass is 35.5. The first kappa shape index (κ1) is 14.4. The van der Waals surface area contributed by atoms with Crippen molar-refractivity contribution in [3.05, 3.63) is 52.0 Å². The molecule has 2 rings (SSSR count). The van der Waals surface area contributed by atoms with Gasteiger partial charge in [0.1, 0.15) is 5.82 Å². The minimum absolute atomic E-state index is 0. The predicted octanol–water partition coefficient (Wildman–Crippen LogP) is 3.93. The van der Waals surface area contributed by atoms with Crippen LogP contribution in [-0.4, -0.2) is 9.55 Å². The smallest absolute Gasteiger partial charge is 0.108 e. The van der Waals surface area contributed by atoms with E-state index in [4.69, 9.17) is 23.2 Å². The molecule has 17 heavy (non-hydrogen) atoms. The van der Waals surface area contributed by atoms with Gasteiger partial charge in [-0.1, -0.05) is 29.3 Å². The van der Waals surface area contributed by atoms with Crippen molar-refractivity contribution in [2.45, 2.75) is 12.8 Å². The standard InChI is InChI=1S/C12H12Cl2N2.ClH/c1-16-8-7-15-12(16)6-5-9-10(13)3-2-4-11(9)14;/h2-4,7-8H,5-6H2,1H3;1H. The van der Waals surface area contributed by atoms with Crippen molar-refractivity contribution in [3.8, 4) is 0 Å². The molecule has 0 spiro atoms. The van der Waals surface area contributed by atoms with Gasteiger partial charge in [-0.3, -0.25) is 0 Å². The highest BCUT2D eigenvalue weighted by molar-refractivity contribution is 6.35. The summed E-state index contributed by atoms with van der Waals surface area (Å²) in [5.41, 5.74) is 0.994. The summed E-state index contributed by atoms with van der Waals surface area (Å²) >= 11 is 12.2. The van der Waals surface area contributed by atoms with Gasteiger partial charge in [0.15, 0.2) is 0 Å². The van der Waals surface area contributed by atoms with Crippen LogP contribution in [0.15, 0.2) is 30.6 Å². The third-order valence-electron chi connectivity index (χ3n) is 2.58. The van der Waals surface area contributed by atoms with Crippen LogP contribution in [0.5, 0.6) is 0 Å². The van der Waals surface area contributed by atoms with E-state index in [1.54, 1.807) is 6.20 Å². The molecule has 0 saturated heterocycles. The number of aryl methyl sites for hydroxylation is 2. The molecule has 2 nitrogen and oxygen atoms in total. The van der Waals surface area contributed by atoms with Crippen LogP contribution in [0.25, 0.3) is 0 Å². The first-order valence-corrected chi connectivity index (χ1v) is 5.83. The van der Waals surface area contributed by atoms with Crippen LogP contribution in [0.3, 0.4) is 0 Å². The fraction of sp³-hybridized carbons (Fsp3) is 0.250. The second-order valence-corrected chi connectivity index (χ2v) is 4.47. The number of halogens is 3. The van der Waals surface area contributed by atoms with Crippen LogP contribution < -0.4 is 0 Å². The molecule has 0 N–H and O–H groups in total. The van der Waals surface area contributed by atoms with Crippen LogP contribution in [0.1, 0.15) is 11.4 Å². The third kappa shape index (κ3) is 3.38. The second-order valence-electron chi connectivity index (χ2n) is 3.65. The Morgan fingerprint density at radius 1 is 1.18 bits per heavy atom. The average molecular weight is 292 g/mol. The van der Waals surface area contributed by atoms with E-state index in [1.165, 1.54) is 0 Å². The van der Waals surface area contributed by atoms with Crippen molar-refractivity contribution >= 4 is 35.6 Å². The molecule has 1 aromatic heterocycles. The summed E-state index contributed by atoms with van der Waals surface area (Å²) in [5, 5.41) is 1.45. The summed E-state index contributed by atoms with van der Waals surface area (Å²) in [4.78, 5) is 4.27. The minimum atomic E-state index is 0. The van der Waals surface area contributed by atoms with Gasteiger partial charge in [0.2, 0.25) is 0 Å². The number of imidazole rings is 1. The van der Waals surface area contributed by atoms with E-state index in [0.29, 0.717) is 0 Å². The van der Waals surface area contributed by atoms with Gasteiger partial charge < -0.3 is 4.57 Å². The van der Waals surface area contributed by atoms with Gasteiger partial charge in [0.05, 0.1) is 0 Å². The Kier molecular flexibility index (Phi) is 5.31. The Morgan fingerprint density at radius 3 is 2.35 bits per heavy atom. The molecule has 0 amide bonds. The maximum atomic E-state index is 6.10. The molecule has 2 aromatic rings. The summed E-state index contributed by atoms with van der Waals surface area (Å²) in [6, 6.07) is 5.58. The zero-order valence-corrected chi connectivity index (χ0v) is 11.7. The molecule has 0 unspecified atom stereocenters. The molecule has 1 heterocycles. The van der Waals surface area contributed by atoms with Crippen LogP contribution in [-0.2, 0) is 19.9 Å². The Morgan fingerprint density at radius 2 is 1.82 bits per heavy atom. The van der Waals surface area contributed by atoms with Gasteiger partial charge in [0.25, 0.3) is 0 Å². The summed E-state index contributed by atoms with van der Waals surface area (Å²) in [6.07, 6.45) is 5.38. The summed E-state index contributed by atoms with van der Waals surface area (Å²) in [7, 11) is 1.98. The van der Waals surface area contributed by atoms with Gasteiger partial charge in [-0.2, -0.15) is 0 Å². The van der Waals surface area contributed by atoms with Crippen LogP contribution >= 0.6 is 35.6 Å². The Balaban J connectivity index is 0.00000144. The first-order chi connectivity index (χ1) is 7.68. The lowest BCUT2D eigenvalue weighted by Crippen LogP contribution is -2.00. The molecule has 1 aromatic carbocycles. The molecule has 0 saturated carbocycles. The molecular formula is C12H13Cl3N2. The lowest BCUT2D eigenvalue weighted by Gasteiger charge is -2.06. The number of nitrogens with zero attached hydrogens (tertiary/aromatic N) is 2. The molecule has 0 atom stereocenters. The normalized spacial score (nSPS) is 10.1. The zero-order valence-electron chi connectivity index (χ0n) is 9.36. The van der Waals surface area contributed by atoms with Crippen molar-refractivity contribution in [1.82, 2.24) is 9.55 Å². The van der Waals surface area contributed by atoms with Crippen LogP contribution in [0.4, 0.5) is 0 Å². The van der Waals surface area contributed by atoms with E-state index in [-0.39, 0.29) is 12.4 Å². The van der Waals surface area contributed by atoms with Crippen molar-refractivity contribution < 1.29 is 0 Å². The van der Waals surface area contributed by atoms with E-state index >= 15 is 0 Å². The molecule has 0 aliphatic rings. The number of hydrogen-bond donors (Lipinski definition) is 0. The van der Waals surface area contributed by atoms with Crippen molar-refractivity contribution in [3.63, 3.8) is 0 Å². The Bertz CT molecular complexity index is 474. The van der Waals surface area contributed by atoms with E-state index in [1.807, 2.05) is 36.0 Å². The van der Waals surface area contributed by atoms with E-state index in [0.717, 1.165) is 34.3 Å². The first-order valence-electron chi connectivity index (χ1n) is 5.07. The monoisotopic (exact) mass is 290 g/mol. The second kappa shape index (κ2) is 6.29. The molecule has 0 aliphatic carbocycles. The van der Waals surface area contributed by atoms with Gasteiger partial charge in [-0.05, 0) is 24.1 Å². The highest BCUT2D eigenvalue weighted by Crippen LogP contribution is 2.25. The summed E-state index contributed by atoms with van der Waals surface area (Å²) in [6.45, 7) is 0. The maximum absolute atomic E-state index is 6.10.